The van der Waals surface area contributed by atoms with Crippen LogP contribution in [0.15, 0.2) is 0 Å². The molecule has 1 aliphatic heterocycles. The number of piperidine rings is 1. The smallest absolute Gasteiger partial charge is 0.308 e. The predicted molar refractivity (Wildman–Crippen MR) is 64.2 cm³/mol. The van der Waals surface area contributed by atoms with E-state index in [4.69, 9.17) is 5.73 Å². The van der Waals surface area contributed by atoms with Gasteiger partial charge in [-0.15, -0.1) is 0 Å². The van der Waals surface area contributed by atoms with Gasteiger partial charge in [0.2, 0.25) is 0 Å². The molecule has 0 spiro atoms. The minimum Gasteiger partial charge on any atom is -0.481 e. The van der Waals surface area contributed by atoms with Gasteiger partial charge < -0.3 is 15.7 Å². The molecule has 1 heterocycles. The van der Waals surface area contributed by atoms with Gasteiger partial charge in [-0.3, -0.25) is 4.79 Å². The fourth-order valence-corrected chi connectivity index (χ4v) is 2.60. The fraction of sp³-hybridized carbons (Fsp3) is 0.917. The van der Waals surface area contributed by atoms with Crippen molar-refractivity contribution < 1.29 is 9.90 Å². The largest absolute Gasteiger partial charge is 0.481 e. The Labute approximate surface area is 97.8 Å². The number of hydrogen-bond acceptors (Lipinski definition) is 3. The average Bonchev–Trinajstić information content (AvgIpc) is 2.17. The van der Waals surface area contributed by atoms with Crippen molar-refractivity contribution in [3.8, 4) is 0 Å². The number of nitrogens with zero attached hydrogens (tertiary/aromatic N) is 1. The van der Waals surface area contributed by atoms with Gasteiger partial charge in [0.1, 0.15) is 0 Å². The first kappa shape index (κ1) is 13.5. The van der Waals surface area contributed by atoms with Crippen molar-refractivity contribution in [3.63, 3.8) is 0 Å². The van der Waals surface area contributed by atoms with Crippen LogP contribution >= 0.6 is 0 Å². The van der Waals surface area contributed by atoms with Crippen LogP contribution in [-0.4, -0.2) is 42.2 Å². The summed E-state index contributed by atoms with van der Waals surface area (Å²) in [6, 6.07) is -0.203. The molecule has 4 heteroatoms. The zero-order valence-corrected chi connectivity index (χ0v) is 10.5. The maximum atomic E-state index is 11.2. The number of rotatable bonds is 4. The van der Waals surface area contributed by atoms with Crippen molar-refractivity contribution in [3.05, 3.63) is 0 Å². The van der Waals surface area contributed by atoms with E-state index < -0.39 is 11.9 Å². The monoisotopic (exact) mass is 228 g/mol. The molecule has 0 aliphatic carbocycles. The van der Waals surface area contributed by atoms with E-state index in [2.05, 4.69) is 11.9 Å². The molecule has 0 bridgehead atoms. The third-order valence-corrected chi connectivity index (χ3v) is 3.73. The summed E-state index contributed by atoms with van der Waals surface area (Å²) < 4.78 is 0. The Hall–Kier alpha value is -0.610. The number of carboxylic acids is 1. The summed E-state index contributed by atoms with van der Waals surface area (Å²) in [6.07, 6.45) is 2.04. The second kappa shape index (κ2) is 5.64. The van der Waals surface area contributed by atoms with Gasteiger partial charge in [0.25, 0.3) is 0 Å². The summed E-state index contributed by atoms with van der Waals surface area (Å²) in [5, 5.41) is 9.21. The van der Waals surface area contributed by atoms with Crippen LogP contribution in [-0.2, 0) is 4.79 Å². The van der Waals surface area contributed by atoms with E-state index in [9.17, 15) is 9.90 Å². The second-order valence-corrected chi connectivity index (χ2v) is 5.33. The molecule has 1 aliphatic rings. The van der Waals surface area contributed by atoms with Gasteiger partial charge in [-0.25, -0.2) is 0 Å². The van der Waals surface area contributed by atoms with E-state index in [1.807, 2.05) is 13.8 Å². The molecule has 0 aromatic heterocycles. The molecule has 0 aromatic rings. The highest BCUT2D eigenvalue weighted by atomic mass is 16.4. The molecule has 0 aromatic carbocycles. The van der Waals surface area contributed by atoms with E-state index in [-0.39, 0.29) is 12.0 Å². The summed E-state index contributed by atoms with van der Waals surface area (Å²) >= 11 is 0. The van der Waals surface area contributed by atoms with Gasteiger partial charge in [-0.05, 0) is 44.8 Å². The number of likely N-dealkylation sites (tertiary alicyclic amines) is 1. The number of carboxylic acid groups (broad SMARTS) is 1. The fourth-order valence-electron chi connectivity index (χ4n) is 2.60. The molecule has 1 saturated heterocycles. The molecule has 0 saturated carbocycles. The lowest BCUT2D eigenvalue weighted by Crippen LogP contribution is -2.47. The minimum absolute atomic E-state index is 0.104. The van der Waals surface area contributed by atoms with Gasteiger partial charge in [0, 0.05) is 6.04 Å². The third-order valence-electron chi connectivity index (χ3n) is 3.73. The molecule has 2 unspecified atom stereocenters. The van der Waals surface area contributed by atoms with Crippen molar-refractivity contribution in [1.82, 2.24) is 4.90 Å². The van der Waals surface area contributed by atoms with Gasteiger partial charge in [0.15, 0.2) is 0 Å². The van der Waals surface area contributed by atoms with Gasteiger partial charge in [0.05, 0.1) is 5.92 Å². The van der Waals surface area contributed by atoms with E-state index in [1.54, 1.807) is 0 Å². The minimum atomic E-state index is -0.749. The van der Waals surface area contributed by atoms with Crippen molar-refractivity contribution in [2.75, 3.05) is 20.1 Å². The molecule has 16 heavy (non-hydrogen) atoms. The zero-order valence-electron chi connectivity index (χ0n) is 10.5. The Balaban J connectivity index is 2.60. The van der Waals surface area contributed by atoms with Crippen LogP contribution in [0.4, 0.5) is 0 Å². The number of nitrogens with two attached hydrogens (primary N) is 1. The van der Waals surface area contributed by atoms with E-state index in [0.29, 0.717) is 5.92 Å². The maximum Gasteiger partial charge on any atom is 0.308 e. The van der Waals surface area contributed by atoms with Crippen LogP contribution in [0.5, 0.6) is 0 Å². The van der Waals surface area contributed by atoms with E-state index in [1.165, 1.54) is 0 Å². The van der Waals surface area contributed by atoms with Crippen LogP contribution < -0.4 is 5.73 Å². The lowest BCUT2D eigenvalue weighted by Gasteiger charge is -2.36. The van der Waals surface area contributed by atoms with Gasteiger partial charge >= 0.3 is 5.97 Å². The van der Waals surface area contributed by atoms with Crippen LogP contribution in [0.2, 0.25) is 0 Å². The van der Waals surface area contributed by atoms with Crippen LogP contribution in [0.25, 0.3) is 0 Å². The molecule has 3 N–H and O–H groups in total. The molecule has 0 amide bonds. The lowest BCUT2D eigenvalue weighted by molar-refractivity contribution is -0.144. The van der Waals surface area contributed by atoms with Crippen LogP contribution in [0.1, 0.15) is 26.7 Å². The molecule has 2 atom stereocenters. The summed E-state index contributed by atoms with van der Waals surface area (Å²) in [6.45, 7) is 5.94. The first-order chi connectivity index (χ1) is 7.43. The van der Waals surface area contributed by atoms with Crippen LogP contribution in [0.3, 0.4) is 0 Å². The zero-order chi connectivity index (χ0) is 12.3. The maximum absolute atomic E-state index is 11.2. The molecule has 0 radical (unpaired) electrons. The number of carbonyl (C=O) groups is 1. The Morgan fingerprint density at radius 1 is 1.38 bits per heavy atom. The standard InChI is InChI=1S/C12H24N2O2/c1-8(2)10(12(15)16)11(13)9-4-6-14(3)7-5-9/h8-11H,4-7,13H2,1-3H3,(H,15,16). The SMILES string of the molecule is CC(C)C(C(=O)O)C(N)C1CCN(C)CC1. The average molecular weight is 228 g/mol. The van der Waals surface area contributed by atoms with E-state index >= 15 is 0 Å². The third kappa shape index (κ3) is 3.19. The first-order valence-electron chi connectivity index (χ1n) is 6.10. The summed E-state index contributed by atoms with van der Waals surface area (Å²) in [7, 11) is 2.10. The summed E-state index contributed by atoms with van der Waals surface area (Å²) in [5.74, 6) is -0.693. The Morgan fingerprint density at radius 3 is 2.25 bits per heavy atom. The molecular weight excluding hydrogens is 204 g/mol. The quantitative estimate of drug-likeness (QED) is 0.753. The Bertz CT molecular complexity index is 235. The lowest BCUT2D eigenvalue weighted by atomic mass is 9.78. The predicted octanol–water partition coefficient (Wildman–Crippen LogP) is 1.01. The molecular formula is C12H24N2O2. The molecule has 94 valence electrons. The summed E-state index contributed by atoms with van der Waals surface area (Å²) in [4.78, 5) is 13.5. The number of hydrogen-bond donors (Lipinski definition) is 2. The second-order valence-electron chi connectivity index (χ2n) is 5.33. The molecule has 1 fully saturated rings. The van der Waals surface area contributed by atoms with Gasteiger partial charge in [-0.1, -0.05) is 13.8 Å². The highest BCUT2D eigenvalue weighted by Crippen LogP contribution is 2.26. The highest BCUT2D eigenvalue weighted by molar-refractivity contribution is 5.71. The van der Waals surface area contributed by atoms with Crippen LogP contribution in [0, 0.1) is 17.8 Å². The topological polar surface area (TPSA) is 66.6 Å². The number of aliphatic carboxylic acids is 1. The van der Waals surface area contributed by atoms with Crippen molar-refractivity contribution in [1.29, 1.82) is 0 Å². The molecule has 4 nitrogen and oxygen atoms in total. The summed E-state index contributed by atoms with van der Waals surface area (Å²) in [5.41, 5.74) is 6.14. The molecule has 1 rings (SSSR count). The van der Waals surface area contributed by atoms with E-state index in [0.717, 1.165) is 25.9 Å². The van der Waals surface area contributed by atoms with Gasteiger partial charge in [-0.2, -0.15) is 0 Å². The Morgan fingerprint density at radius 2 is 1.88 bits per heavy atom. The highest BCUT2D eigenvalue weighted by Gasteiger charge is 2.34. The van der Waals surface area contributed by atoms with Crippen molar-refractivity contribution in [2.45, 2.75) is 32.7 Å². The van der Waals surface area contributed by atoms with Crippen molar-refractivity contribution >= 4 is 5.97 Å². The first-order valence-corrected chi connectivity index (χ1v) is 6.10. The Kier molecular flexibility index (Phi) is 4.74. The van der Waals surface area contributed by atoms with Crippen molar-refractivity contribution in [2.24, 2.45) is 23.5 Å². The normalized spacial score (nSPS) is 23.3.